The third-order valence-corrected chi connectivity index (χ3v) is 19.4. The highest BCUT2D eigenvalue weighted by atomic mass is 19.1. The van der Waals surface area contributed by atoms with Gasteiger partial charge in [0.05, 0.1) is 39.4 Å². The molecule has 2 aliphatic carbocycles. The Hall–Kier alpha value is -9.95. The number of likely N-dealkylation sites (tertiary alicyclic amines) is 2. The number of amides is 9. The molecule has 4 heterocycles. The molecule has 10 atom stereocenters. The second kappa shape index (κ2) is 35.9. The van der Waals surface area contributed by atoms with E-state index >= 15 is 4.79 Å². The van der Waals surface area contributed by atoms with Gasteiger partial charge in [-0.15, -0.1) is 26.3 Å². The number of hydrogen-bond donors (Lipinski definition) is 3. The second-order valence-corrected chi connectivity index (χ2v) is 29.5. The number of unbranched alkanes of at least 4 members (excludes halogenated alkanes) is 6. The largest absolute Gasteiger partial charge is 0.464 e. The van der Waals surface area contributed by atoms with Crippen molar-refractivity contribution < 1.29 is 89.9 Å². The van der Waals surface area contributed by atoms with Gasteiger partial charge in [0, 0.05) is 54.5 Å². The number of benzene rings is 3. The Morgan fingerprint density at radius 3 is 1.46 bits per heavy atom. The highest BCUT2D eigenvalue weighted by molar-refractivity contribution is 6.12. The monoisotopic (exact) mass is 1470 g/mol. The van der Waals surface area contributed by atoms with Crippen LogP contribution in [0, 0.1) is 23.5 Å². The highest BCUT2D eigenvalue weighted by Crippen LogP contribution is 2.52. The number of rotatable bonds is 29. The number of halogens is 2. The van der Waals surface area contributed by atoms with Gasteiger partial charge in [0.25, 0.3) is 11.8 Å². The quantitative estimate of drug-likeness (QED) is 0.0191. The average molecular weight is 1470 g/mol. The Labute approximate surface area is 618 Å². The standard InChI is InChI=1S/C43H53FN4O9.C36H49FN4O8/c1-7-10-11-12-16-22-34(45-40(53)57-42(4,5)6)37(50)47-26-31(56-41(54)46-25-29-20-17-21-33(44)32(29)27-46)23-35(47)38(51)48(36(49)28-18-14-13-15-19-28)43(24-30(43)8-2)39(52)55-9-3;1-7-10-11-12-13-17-28(38-33(45)49-35(4,5)6)31(43)41-21-25(48-34(46)40-20-23-15-14-16-27(37)26(23)22-40)18-29(41)30(42)39-36(19-24(36)8-2)32(44)47-9-3/h7-8,13-15,17-21,30-31,34-35H,1-2,9-12,16,22-27H2,3-6H3,(H,45,53);7-8,14-16,24-25,28-29H,1-2,9-13,17-22H2,3-6H3,(H,38,45)(H,39,42)/t30-,31-,34+,35+,43-;24-,25-,28+,29+,36-/m11/s1. The van der Waals surface area contributed by atoms with Crippen LogP contribution in [0.2, 0.25) is 0 Å². The van der Waals surface area contributed by atoms with Gasteiger partial charge in [0.1, 0.15) is 64.8 Å². The maximum atomic E-state index is 15.1. The van der Waals surface area contributed by atoms with E-state index < -0.39 is 142 Å². The molecule has 574 valence electrons. The first-order valence-electron chi connectivity index (χ1n) is 36.5. The van der Waals surface area contributed by atoms with Gasteiger partial charge in [-0.1, -0.05) is 92.5 Å². The average Bonchev–Trinajstić information content (AvgIpc) is 1.55. The van der Waals surface area contributed by atoms with Gasteiger partial charge in [-0.3, -0.25) is 38.7 Å². The number of nitrogens with zero attached hydrogens (tertiary/aromatic N) is 5. The van der Waals surface area contributed by atoms with Crippen LogP contribution in [0.5, 0.6) is 0 Å². The van der Waals surface area contributed by atoms with Gasteiger partial charge in [-0.2, -0.15) is 0 Å². The number of esters is 2. The van der Waals surface area contributed by atoms with Gasteiger partial charge in [-0.25, -0.2) is 37.5 Å². The molecule has 3 aromatic rings. The molecule has 25 nitrogen and oxygen atoms in total. The Morgan fingerprint density at radius 2 is 1.04 bits per heavy atom. The summed E-state index contributed by atoms with van der Waals surface area (Å²) >= 11 is 0. The molecule has 106 heavy (non-hydrogen) atoms. The SMILES string of the molecule is C=CCCCCC[C@H](NC(=O)OC(C)(C)C)C(=O)N1C[C@H](OC(=O)N2Cc3cccc(F)c3C2)C[C@H]1C(=O)N(C(=O)c1ccccc1)[C@]1(C(=O)OCC)C[C@H]1C=C.C=CCCCCC[C@H](NC(=O)OC(C)(C)C)C(=O)N1C[C@H](OC(=O)N2Cc3cccc(F)c3C2)C[C@H]1C(=O)N[C@]1(C(=O)OCC)C[C@H]1C=C. The topological polar surface area (TPSA) is 295 Å². The minimum atomic E-state index is -1.74. The van der Waals surface area contributed by atoms with Crippen LogP contribution in [0.15, 0.2) is 117 Å². The number of allylic oxidation sites excluding steroid dienone is 2. The van der Waals surface area contributed by atoms with Crippen LogP contribution in [0.25, 0.3) is 0 Å². The first-order chi connectivity index (χ1) is 50.4. The van der Waals surface area contributed by atoms with Crippen molar-refractivity contribution in [3.05, 3.63) is 157 Å². The number of fused-ring (bicyclic) bond motifs is 2. The van der Waals surface area contributed by atoms with Crippen LogP contribution in [-0.2, 0) is 83.4 Å². The Balaban J connectivity index is 0.000000271. The lowest BCUT2D eigenvalue weighted by atomic mass is 10.0. The number of carbonyl (C=O) groups excluding carboxylic acids is 11. The summed E-state index contributed by atoms with van der Waals surface area (Å²) in [5, 5.41) is 8.18. The summed E-state index contributed by atoms with van der Waals surface area (Å²) in [5.74, 6) is -6.75. The van der Waals surface area contributed by atoms with E-state index in [1.165, 1.54) is 49.9 Å². The molecule has 6 aliphatic rings. The van der Waals surface area contributed by atoms with Crippen molar-refractivity contribution in [2.24, 2.45) is 11.8 Å². The Bertz CT molecular complexity index is 3780. The van der Waals surface area contributed by atoms with Crippen molar-refractivity contribution in [3.63, 3.8) is 0 Å². The van der Waals surface area contributed by atoms with E-state index in [1.807, 2.05) is 6.08 Å². The summed E-state index contributed by atoms with van der Waals surface area (Å²) in [6.07, 6.45) is 7.97. The van der Waals surface area contributed by atoms with Crippen LogP contribution < -0.4 is 16.0 Å². The van der Waals surface area contributed by atoms with Crippen molar-refractivity contribution >= 4 is 65.8 Å². The zero-order valence-electron chi connectivity index (χ0n) is 62.1. The molecule has 9 amide bonds. The number of imide groups is 1. The van der Waals surface area contributed by atoms with Gasteiger partial charge >= 0.3 is 36.3 Å². The first kappa shape index (κ1) is 81.7. The predicted octanol–water partition coefficient (Wildman–Crippen LogP) is 11.4. The molecule has 2 saturated heterocycles. The third-order valence-electron chi connectivity index (χ3n) is 19.4. The summed E-state index contributed by atoms with van der Waals surface area (Å²) in [6, 6.07) is 12.4. The smallest absolute Gasteiger partial charge is 0.410 e. The third kappa shape index (κ3) is 20.1. The van der Waals surface area contributed by atoms with Crippen LogP contribution in [0.3, 0.4) is 0 Å². The molecule has 0 bridgehead atoms. The summed E-state index contributed by atoms with van der Waals surface area (Å²) in [6.45, 7) is 28.5. The Morgan fingerprint density at radius 1 is 0.575 bits per heavy atom. The van der Waals surface area contributed by atoms with Crippen molar-refractivity contribution in [3.8, 4) is 0 Å². The van der Waals surface area contributed by atoms with Crippen molar-refractivity contribution in [1.82, 2.24) is 40.4 Å². The van der Waals surface area contributed by atoms with E-state index in [0.717, 1.165) is 43.4 Å². The van der Waals surface area contributed by atoms with Crippen LogP contribution in [0.1, 0.15) is 178 Å². The minimum Gasteiger partial charge on any atom is -0.464 e. The maximum absolute atomic E-state index is 15.1. The minimum absolute atomic E-state index is 0.0207. The molecule has 0 unspecified atom stereocenters. The predicted molar refractivity (Wildman–Crippen MR) is 386 cm³/mol. The van der Waals surface area contributed by atoms with Gasteiger partial charge in [-0.05, 0) is 142 Å². The number of carbonyl (C=O) groups is 11. The summed E-state index contributed by atoms with van der Waals surface area (Å²) in [7, 11) is 0. The van der Waals surface area contributed by atoms with Crippen molar-refractivity contribution in [1.29, 1.82) is 0 Å². The fourth-order valence-electron chi connectivity index (χ4n) is 13.9. The van der Waals surface area contributed by atoms with E-state index in [4.69, 9.17) is 28.4 Å². The van der Waals surface area contributed by atoms with E-state index in [1.54, 1.807) is 110 Å². The number of hydrogen-bond acceptors (Lipinski definition) is 17. The van der Waals surface area contributed by atoms with Crippen molar-refractivity contribution in [2.45, 2.75) is 230 Å². The molecule has 9 rings (SSSR count). The van der Waals surface area contributed by atoms with Crippen LogP contribution in [0.4, 0.5) is 28.0 Å². The summed E-state index contributed by atoms with van der Waals surface area (Å²) in [5.41, 5.74) is -2.55. The highest BCUT2D eigenvalue weighted by Gasteiger charge is 2.68. The summed E-state index contributed by atoms with van der Waals surface area (Å²) < 4.78 is 62.3. The van der Waals surface area contributed by atoms with Gasteiger partial charge in [0.15, 0.2) is 5.54 Å². The lowest BCUT2D eigenvalue weighted by molar-refractivity contribution is -0.157. The van der Waals surface area contributed by atoms with Gasteiger partial charge in [0.2, 0.25) is 17.7 Å². The molecule has 0 spiro atoms. The second-order valence-electron chi connectivity index (χ2n) is 29.5. The van der Waals surface area contributed by atoms with E-state index in [2.05, 4.69) is 42.3 Å². The normalized spacial score (nSPS) is 22.2. The van der Waals surface area contributed by atoms with E-state index in [9.17, 15) is 56.7 Å². The molecule has 3 aromatic carbocycles. The van der Waals surface area contributed by atoms with Crippen molar-refractivity contribution in [2.75, 3.05) is 26.3 Å². The van der Waals surface area contributed by atoms with Crippen LogP contribution >= 0.6 is 0 Å². The molecule has 4 aliphatic heterocycles. The van der Waals surface area contributed by atoms with E-state index in [-0.39, 0.29) is 96.1 Å². The molecule has 3 N–H and O–H groups in total. The Kier molecular flexibility index (Phi) is 27.7. The fourth-order valence-corrected chi connectivity index (χ4v) is 13.9. The zero-order chi connectivity index (χ0) is 77.4. The fraction of sp³-hybridized carbons (Fsp3) is 0.532. The zero-order valence-corrected chi connectivity index (χ0v) is 62.1. The number of nitrogens with one attached hydrogen (secondary N) is 3. The summed E-state index contributed by atoms with van der Waals surface area (Å²) in [4.78, 5) is 158. The van der Waals surface area contributed by atoms with Gasteiger partial charge < -0.3 is 54.2 Å². The molecule has 4 fully saturated rings. The lowest BCUT2D eigenvalue weighted by Crippen LogP contribution is -2.59. The molecule has 0 radical (unpaired) electrons. The molecule has 2 saturated carbocycles. The molecular weight excluding hydrogens is 1370 g/mol. The number of ether oxygens (including phenoxy) is 6. The first-order valence-corrected chi connectivity index (χ1v) is 36.5. The van der Waals surface area contributed by atoms with Crippen LogP contribution in [-0.4, -0.2) is 175 Å². The molecule has 0 aromatic heterocycles. The maximum Gasteiger partial charge on any atom is 0.410 e. The van der Waals surface area contributed by atoms with E-state index in [0.29, 0.717) is 41.5 Å². The number of alkyl carbamates (subject to hydrolysis) is 2. The lowest BCUT2D eigenvalue weighted by Gasteiger charge is -2.35. The molecular formula is C79H102F2N8O17. The molecule has 27 heteroatoms.